The van der Waals surface area contributed by atoms with E-state index in [4.69, 9.17) is 9.47 Å². The van der Waals surface area contributed by atoms with Gasteiger partial charge in [0.2, 0.25) is 0 Å². The Bertz CT molecular complexity index is 630. The predicted molar refractivity (Wildman–Crippen MR) is 120 cm³/mol. The molecule has 29 heavy (non-hydrogen) atoms. The van der Waals surface area contributed by atoms with E-state index in [1.165, 1.54) is 18.4 Å². The maximum Gasteiger partial charge on any atom is 0.193 e. The Kier molecular flexibility index (Phi) is 10.1. The fourth-order valence-electron chi connectivity index (χ4n) is 3.59. The van der Waals surface area contributed by atoms with Crippen LogP contribution in [0.3, 0.4) is 0 Å². The summed E-state index contributed by atoms with van der Waals surface area (Å²) in [6, 6.07) is 6.16. The zero-order chi connectivity index (χ0) is 21.1. The first kappa shape index (κ1) is 23.3. The van der Waals surface area contributed by atoms with Crippen LogP contribution in [0, 0.1) is 0 Å². The van der Waals surface area contributed by atoms with Crippen LogP contribution in [0.25, 0.3) is 0 Å². The Morgan fingerprint density at radius 2 is 1.83 bits per heavy atom. The van der Waals surface area contributed by atoms with Gasteiger partial charge in [0, 0.05) is 52.9 Å². The van der Waals surface area contributed by atoms with Crippen LogP contribution in [0.4, 0.5) is 0 Å². The molecule has 0 spiro atoms. The maximum absolute atomic E-state index is 5.43. The average Bonchev–Trinajstić information content (AvgIpc) is 2.76. The summed E-state index contributed by atoms with van der Waals surface area (Å²) < 4.78 is 10.8. The normalized spacial score (nSPS) is 15.7. The summed E-state index contributed by atoms with van der Waals surface area (Å²) in [6.45, 7) is 10.3. The summed E-state index contributed by atoms with van der Waals surface area (Å²) >= 11 is 0. The van der Waals surface area contributed by atoms with Gasteiger partial charge in [0.05, 0.1) is 14.2 Å². The van der Waals surface area contributed by atoms with E-state index in [1.807, 2.05) is 13.1 Å². The van der Waals surface area contributed by atoms with E-state index >= 15 is 0 Å². The molecule has 0 amide bonds. The highest BCUT2D eigenvalue weighted by Gasteiger charge is 2.20. The fourth-order valence-corrected chi connectivity index (χ4v) is 3.59. The van der Waals surface area contributed by atoms with Gasteiger partial charge < -0.3 is 24.6 Å². The molecular formula is C22H39N5O2. The third-order valence-electron chi connectivity index (χ3n) is 5.41. The molecule has 164 valence electrons. The molecule has 1 aliphatic heterocycles. The van der Waals surface area contributed by atoms with Gasteiger partial charge in [-0.2, -0.15) is 0 Å². The standard InChI is InChI=1S/C22H39N5O2/c1-6-7-11-25(3)12-10-24-22(23-2)27-15-13-26(14-16-27)18-19-8-9-20(28-4)21(17-19)29-5/h8-9,17H,6-7,10-16,18H2,1-5H3,(H,23,24). The predicted octanol–water partition coefficient (Wildman–Crippen LogP) is 2.13. The maximum atomic E-state index is 5.43. The lowest BCUT2D eigenvalue weighted by molar-refractivity contribution is 0.172. The van der Waals surface area contributed by atoms with Gasteiger partial charge in [0.1, 0.15) is 0 Å². The van der Waals surface area contributed by atoms with Crippen molar-refractivity contribution in [2.45, 2.75) is 26.3 Å². The van der Waals surface area contributed by atoms with Gasteiger partial charge in [-0.1, -0.05) is 19.4 Å². The number of rotatable bonds is 10. The smallest absolute Gasteiger partial charge is 0.193 e. The molecule has 0 bridgehead atoms. The lowest BCUT2D eigenvalue weighted by atomic mass is 10.1. The molecule has 0 aromatic heterocycles. The van der Waals surface area contributed by atoms with Gasteiger partial charge in [-0.15, -0.1) is 0 Å². The third kappa shape index (κ3) is 7.40. The van der Waals surface area contributed by atoms with Crippen molar-refractivity contribution in [1.29, 1.82) is 0 Å². The molecule has 1 aromatic rings. The molecule has 1 aliphatic rings. The first-order chi connectivity index (χ1) is 14.1. The van der Waals surface area contributed by atoms with E-state index in [0.717, 1.165) is 69.8 Å². The first-order valence-corrected chi connectivity index (χ1v) is 10.7. The summed E-state index contributed by atoms with van der Waals surface area (Å²) in [6.07, 6.45) is 2.50. The van der Waals surface area contributed by atoms with Gasteiger partial charge in [0.25, 0.3) is 0 Å². The molecule has 7 heteroatoms. The van der Waals surface area contributed by atoms with Crippen LogP contribution in [0.1, 0.15) is 25.3 Å². The molecule has 2 rings (SSSR count). The van der Waals surface area contributed by atoms with Crippen LogP contribution in [0.5, 0.6) is 11.5 Å². The first-order valence-electron chi connectivity index (χ1n) is 10.7. The number of likely N-dealkylation sites (N-methyl/N-ethyl adjacent to an activating group) is 1. The average molecular weight is 406 g/mol. The molecule has 0 radical (unpaired) electrons. The monoisotopic (exact) mass is 405 g/mol. The third-order valence-corrected chi connectivity index (χ3v) is 5.41. The molecule has 1 aromatic carbocycles. The van der Waals surface area contributed by atoms with E-state index in [0.29, 0.717) is 0 Å². The van der Waals surface area contributed by atoms with E-state index in [9.17, 15) is 0 Å². The largest absolute Gasteiger partial charge is 0.493 e. The SMILES string of the molecule is CCCCN(C)CCNC(=NC)N1CCN(Cc2ccc(OC)c(OC)c2)CC1. The van der Waals surface area contributed by atoms with Gasteiger partial charge in [-0.3, -0.25) is 9.89 Å². The molecule has 0 saturated carbocycles. The van der Waals surface area contributed by atoms with Crippen molar-refractivity contribution in [1.82, 2.24) is 20.0 Å². The van der Waals surface area contributed by atoms with Gasteiger partial charge >= 0.3 is 0 Å². The summed E-state index contributed by atoms with van der Waals surface area (Å²) in [4.78, 5) is 11.7. The second-order valence-corrected chi connectivity index (χ2v) is 7.58. The van der Waals surface area contributed by atoms with Crippen molar-refractivity contribution in [3.8, 4) is 11.5 Å². The minimum Gasteiger partial charge on any atom is -0.493 e. The fraction of sp³-hybridized carbons (Fsp3) is 0.682. The summed E-state index contributed by atoms with van der Waals surface area (Å²) in [7, 11) is 7.41. The number of methoxy groups -OCH3 is 2. The second kappa shape index (κ2) is 12.5. The molecular weight excluding hydrogens is 366 g/mol. The van der Waals surface area contributed by atoms with Crippen LogP contribution in [-0.4, -0.2) is 94.8 Å². The van der Waals surface area contributed by atoms with Gasteiger partial charge in [-0.05, 0) is 37.7 Å². The molecule has 1 fully saturated rings. The molecule has 7 nitrogen and oxygen atoms in total. The van der Waals surface area contributed by atoms with Gasteiger partial charge in [0.15, 0.2) is 17.5 Å². The molecule has 0 atom stereocenters. The van der Waals surface area contributed by atoms with Crippen molar-refractivity contribution in [3.63, 3.8) is 0 Å². The second-order valence-electron chi connectivity index (χ2n) is 7.58. The molecule has 1 heterocycles. The van der Waals surface area contributed by atoms with Crippen LogP contribution in [0.2, 0.25) is 0 Å². The van der Waals surface area contributed by atoms with Crippen molar-refractivity contribution >= 4 is 5.96 Å². The molecule has 1 saturated heterocycles. The lowest BCUT2D eigenvalue weighted by Gasteiger charge is -2.36. The number of ether oxygens (including phenoxy) is 2. The van der Waals surface area contributed by atoms with Crippen LogP contribution in [0.15, 0.2) is 23.2 Å². The molecule has 0 unspecified atom stereocenters. The topological polar surface area (TPSA) is 52.6 Å². The number of aliphatic imine (C=N–C) groups is 1. The summed E-state index contributed by atoms with van der Waals surface area (Å²) in [5, 5.41) is 3.52. The lowest BCUT2D eigenvalue weighted by Crippen LogP contribution is -2.52. The summed E-state index contributed by atoms with van der Waals surface area (Å²) in [5.74, 6) is 2.58. The van der Waals surface area contributed by atoms with Crippen LogP contribution < -0.4 is 14.8 Å². The van der Waals surface area contributed by atoms with E-state index in [2.05, 4.69) is 51.1 Å². The van der Waals surface area contributed by atoms with Crippen LogP contribution >= 0.6 is 0 Å². The zero-order valence-corrected chi connectivity index (χ0v) is 18.9. The Balaban J connectivity index is 1.77. The van der Waals surface area contributed by atoms with E-state index in [1.54, 1.807) is 14.2 Å². The highest BCUT2D eigenvalue weighted by molar-refractivity contribution is 5.80. The Labute approximate surface area is 176 Å². The number of hydrogen-bond acceptors (Lipinski definition) is 5. The minimum atomic E-state index is 0.774. The number of guanidine groups is 1. The number of hydrogen-bond donors (Lipinski definition) is 1. The van der Waals surface area contributed by atoms with E-state index < -0.39 is 0 Å². The van der Waals surface area contributed by atoms with Crippen LogP contribution in [-0.2, 0) is 6.54 Å². The van der Waals surface area contributed by atoms with Gasteiger partial charge in [-0.25, -0.2) is 0 Å². The number of unbranched alkanes of at least 4 members (excludes halogenated alkanes) is 1. The van der Waals surface area contributed by atoms with E-state index in [-0.39, 0.29) is 0 Å². The minimum absolute atomic E-state index is 0.774. The summed E-state index contributed by atoms with van der Waals surface area (Å²) in [5.41, 5.74) is 1.24. The number of nitrogens with one attached hydrogen (secondary N) is 1. The Morgan fingerprint density at radius 3 is 2.45 bits per heavy atom. The van der Waals surface area contributed by atoms with Crippen molar-refractivity contribution < 1.29 is 9.47 Å². The number of benzene rings is 1. The van der Waals surface area contributed by atoms with Crippen molar-refractivity contribution in [3.05, 3.63) is 23.8 Å². The Morgan fingerprint density at radius 1 is 1.10 bits per heavy atom. The van der Waals surface area contributed by atoms with Crippen molar-refractivity contribution in [2.75, 3.05) is 74.1 Å². The number of piperazine rings is 1. The Hall–Kier alpha value is -1.99. The molecule has 0 aliphatic carbocycles. The van der Waals surface area contributed by atoms with Crippen molar-refractivity contribution in [2.24, 2.45) is 4.99 Å². The zero-order valence-electron chi connectivity index (χ0n) is 18.9. The molecule has 1 N–H and O–H groups in total. The highest BCUT2D eigenvalue weighted by atomic mass is 16.5. The highest BCUT2D eigenvalue weighted by Crippen LogP contribution is 2.28. The quantitative estimate of drug-likeness (QED) is 0.475. The number of nitrogens with zero attached hydrogens (tertiary/aromatic N) is 4.